The smallest absolute Gasteiger partial charge is 0.246 e. The highest BCUT2D eigenvalue weighted by molar-refractivity contribution is 7.89. The van der Waals surface area contributed by atoms with Gasteiger partial charge in [0.05, 0.1) is 7.11 Å². The van der Waals surface area contributed by atoms with Crippen molar-refractivity contribution >= 4 is 21.6 Å². The van der Waals surface area contributed by atoms with E-state index in [1.807, 2.05) is 0 Å². The number of nitrogens with one attached hydrogen (secondary N) is 1. The maximum atomic E-state index is 12.5. The minimum Gasteiger partial charge on any atom is -0.495 e. The fraction of sp³-hybridized carbons (Fsp3) is 0.455. The van der Waals surface area contributed by atoms with E-state index in [0.717, 1.165) is 0 Å². The first-order chi connectivity index (χ1) is 8.55. The van der Waals surface area contributed by atoms with Gasteiger partial charge in [0, 0.05) is 37.3 Å². The average Bonchev–Trinajstić information content (AvgIpc) is 2.39. The molecule has 1 saturated heterocycles. The third-order valence-electron chi connectivity index (χ3n) is 2.82. The fourth-order valence-corrected chi connectivity index (χ4v) is 3.62. The quantitative estimate of drug-likeness (QED) is 0.900. The van der Waals surface area contributed by atoms with Gasteiger partial charge in [0.15, 0.2) is 0 Å². The van der Waals surface area contributed by atoms with Crippen LogP contribution in [0.2, 0.25) is 5.02 Å². The minimum absolute atomic E-state index is 0.163. The second kappa shape index (κ2) is 5.44. The molecule has 5 nitrogen and oxygen atoms in total. The normalized spacial score (nSPS) is 17.7. The van der Waals surface area contributed by atoms with Gasteiger partial charge in [0.1, 0.15) is 10.6 Å². The van der Waals surface area contributed by atoms with Crippen LogP contribution in [0.4, 0.5) is 0 Å². The second-order valence-corrected chi connectivity index (χ2v) is 6.29. The average molecular weight is 291 g/mol. The molecule has 1 aliphatic heterocycles. The van der Waals surface area contributed by atoms with Crippen LogP contribution < -0.4 is 10.1 Å². The van der Waals surface area contributed by atoms with Crippen molar-refractivity contribution in [3.63, 3.8) is 0 Å². The molecule has 7 heteroatoms. The molecule has 0 saturated carbocycles. The molecule has 1 fully saturated rings. The molecular formula is C11H15ClN2O3S. The Bertz CT molecular complexity index is 527. The molecule has 0 atom stereocenters. The van der Waals surface area contributed by atoms with Crippen LogP contribution >= 0.6 is 11.6 Å². The second-order valence-electron chi connectivity index (χ2n) is 3.95. The maximum absolute atomic E-state index is 12.5. The van der Waals surface area contributed by atoms with Crippen molar-refractivity contribution < 1.29 is 13.2 Å². The predicted molar refractivity (Wildman–Crippen MR) is 69.6 cm³/mol. The van der Waals surface area contributed by atoms with Gasteiger partial charge >= 0.3 is 0 Å². The summed E-state index contributed by atoms with van der Waals surface area (Å²) in [6.07, 6.45) is 0. The Morgan fingerprint density at radius 1 is 1.33 bits per heavy atom. The van der Waals surface area contributed by atoms with Crippen LogP contribution in [0.5, 0.6) is 5.75 Å². The molecule has 0 bridgehead atoms. The lowest BCUT2D eigenvalue weighted by molar-refractivity contribution is 0.355. The van der Waals surface area contributed by atoms with E-state index >= 15 is 0 Å². The summed E-state index contributed by atoms with van der Waals surface area (Å²) in [6, 6.07) is 4.55. The molecule has 0 spiro atoms. The highest BCUT2D eigenvalue weighted by atomic mass is 35.5. The highest BCUT2D eigenvalue weighted by Crippen LogP contribution is 2.29. The van der Waals surface area contributed by atoms with Crippen molar-refractivity contribution in [3.05, 3.63) is 23.2 Å². The number of sulfonamides is 1. The Hall–Kier alpha value is -0.820. The summed E-state index contributed by atoms with van der Waals surface area (Å²) in [5.74, 6) is 0.279. The Morgan fingerprint density at radius 3 is 2.61 bits per heavy atom. The van der Waals surface area contributed by atoms with Gasteiger partial charge in [-0.25, -0.2) is 8.42 Å². The summed E-state index contributed by atoms with van der Waals surface area (Å²) in [6.45, 7) is 2.26. The third kappa shape index (κ3) is 2.61. The van der Waals surface area contributed by atoms with Gasteiger partial charge in [-0.2, -0.15) is 4.31 Å². The van der Waals surface area contributed by atoms with E-state index in [0.29, 0.717) is 31.2 Å². The van der Waals surface area contributed by atoms with Crippen LogP contribution in [0.3, 0.4) is 0 Å². The van der Waals surface area contributed by atoms with Crippen LogP contribution in [0, 0.1) is 0 Å². The van der Waals surface area contributed by atoms with Crippen LogP contribution in [-0.4, -0.2) is 46.0 Å². The van der Waals surface area contributed by atoms with Gasteiger partial charge in [-0.15, -0.1) is 0 Å². The zero-order chi connectivity index (χ0) is 13.2. The molecular weight excluding hydrogens is 276 g/mol. The summed E-state index contributed by atoms with van der Waals surface area (Å²) < 4.78 is 31.5. The topological polar surface area (TPSA) is 58.6 Å². The molecule has 0 unspecified atom stereocenters. The third-order valence-corrected chi connectivity index (χ3v) is 4.99. The Morgan fingerprint density at radius 2 is 2.00 bits per heavy atom. The van der Waals surface area contributed by atoms with Crippen molar-refractivity contribution in [2.24, 2.45) is 0 Å². The molecule has 0 aliphatic carbocycles. The van der Waals surface area contributed by atoms with Crippen LogP contribution in [0.15, 0.2) is 23.1 Å². The minimum atomic E-state index is -3.51. The van der Waals surface area contributed by atoms with E-state index in [1.54, 1.807) is 6.07 Å². The summed E-state index contributed by atoms with van der Waals surface area (Å²) in [4.78, 5) is 0.163. The van der Waals surface area contributed by atoms with Gasteiger partial charge in [0.2, 0.25) is 10.0 Å². The fourth-order valence-electron chi connectivity index (χ4n) is 1.88. The number of rotatable bonds is 3. The maximum Gasteiger partial charge on any atom is 0.246 e. The number of ether oxygens (including phenoxy) is 1. The number of halogens is 1. The van der Waals surface area contributed by atoms with Crippen molar-refractivity contribution in [1.29, 1.82) is 0 Å². The van der Waals surface area contributed by atoms with Gasteiger partial charge in [0.25, 0.3) is 0 Å². The van der Waals surface area contributed by atoms with Gasteiger partial charge < -0.3 is 10.1 Å². The zero-order valence-electron chi connectivity index (χ0n) is 10.0. The van der Waals surface area contributed by atoms with Crippen molar-refractivity contribution in [3.8, 4) is 5.75 Å². The number of hydrogen-bond acceptors (Lipinski definition) is 4. The molecule has 18 heavy (non-hydrogen) atoms. The van der Waals surface area contributed by atoms with E-state index in [2.05, 4.69) is 5.32 Å². The lowest BCUT2D eigenvalue weighted by Crippen LogP contribution is -2.46. The monoisotopic (exact) mass is 290 g/mol. The van der Waals surface area contributed by atoms with Crippen molar-refractivity contribution in [2.75, 3.05) is 33.3 Å². The van der Waals surface area contributed by atoms with Gasteiger partial charge in [-0.05, 0) is 12.1 Å². The first kappa shape index (κ1) is 13.6. The lowest BCUT2D eigenvalue weighted by Gasteiger charge is -2.27. The Kier molecular flexibility index (Phi) is 4.11. The number of methoxy groups -OCH3 is 1. The molecule has 100 valence electrons. The summed E-state index contributed by atoms with van der Waals surface area (Å²) in [7, 11) is -2.08. The Labute approximate surface area is 112 Å². The molecule has 1 N–H and O–H groups in total. The Balaban J connectivity index is 2.40. The highest BCUT2D eigenvalue weighted by Gasteiger charge is 2.28. The zero-order valence-corrected chi connectivity index (χ0v) is 11.6. The molecule has 1 heterocycles. The SMILES string of the molecule is COc1cc(Cl)ccc1S(=O)(=O)N1CCNCC1. The predicted octanol–water partition coefficient (Wildman–Crippen LogP) is 0.943. The van der Waals surface area contributed by atoms with Gasteiger partial charge in [-0.1, -0.05) is 11.6 Å². The standard InChI is InChI=1S/C11H15ClN2O3S/c1-17-10-8-9(12)2-3-11(10)18(15,16)14-6-4-13-5-7-14/h2-3,8,13H,4-7H2,1H3. The molecule has 1 aromatic rings. The molecule has 1 aromatic carbocycles. The molecule has 0 amide bonds. The largest absolute Gasteiger partial charge is 0.495 e. The number of hydrogen-bond donors (Lipinski definition) is 1. The summed E-state index contributed by atoms with van der Waals surface area (Å²) in [5.41, 5.74) is 0. The van der Waals surface area contributed by atoms with Crippen molar-refractivity contribution in [2.45, 2.75) is 4.90 Å². The first-order valence-corrected chi connectivity index (χ1v) is 7.42. The van der Waals surface area contributed by atoms with Gasteiger partial charge in [-0.3, -0.25) is 0 Å². The van der Waals surface area contributed by atoms with E-state index in [4.69, 9.17) is 16.3 Å². The van der Waals surface area contributed by atoms with E-state index in [9.17, 15) is 8.42 Å². The first-order valence-electron chi connectivity index (χ1n) is 5.60. The molecule has 0 radical (unpaired) electrons. The number of piperazine rings is 1. The summed E-state index contributed by atoms with van der Waals surface area (Å²) in [5, 5.41) is 3.57. The lowest BCUT2D eigenvalue weighted by atomic mass is 10.3. The van der Waals surface area contributed by atoms with Crippen LogP contribution in [0.25, 0.3) is 0 Å². The van der Waals surface area contributed by atoms with Crippen LogP contribution in [0.1, 0.15) is 0 Å². The molecule has 0 aromatic heterocycles. The van der Waals surface area contributed by atoms with E-state index in [1.165, 1.54) is 23.5 Å². The van der Waals surface area contributed by atoms with E-state index < -0.39 is 10.0 Å². The van der Waals surface area contributed by atoms with E-state index in [-0.39, 0.29) is 10.6 Å². The number of benzene rings is 1. The molecule has 2 rings (SSSR count). The summed E-state index contributed by atoms with van der Waals surface area (Å²) >= 11 is 5.83. The van der Waals surface area contributed by atoms with Crippen LogP contribution in [-0.2, 0) is 10.0 Å². The number of nitrogens with zero attached hydrogens (tertiary/aromatic N) is 1. The van der Waals surface area contributed by atoms with Crippen molar-refractivity contribution in [1.82, 2.24) is 9.62 Å². The molecule has 1 aliphatic rings.